The monoisotopic (exact) mass is 335 g/mol. The quantitative estimate of drug-likeness (QED) is 0.747. The van der Waals surface area contributed by atoms with Crippen LogP contribution in [0.4, 0.5) is 19.0 Å². The third kappa shape index (κ3) is 3.68. The summed E-state index contributed by atoms with van der Waals surface area (Å²) in [4.78, 5) is 8.16. The Kier molecular flexibility index (Phi) is 4.29. The zero-order chi connectivity index (χ0) is 16.3. The predicted molar refractivity (Wildman–Crippen MR) is 83.3 cm³/mol. The van der Waals surface area contributed by atoms with Crippen LogP contribution in [0.5, 0.6) is 0 Å². The first-order chi connectivity index (χ1) is 11.0. The van der Waals surface area contributed by atoms with Crippen molar-refractivity contribution in [3.05, 3.63) is 76.4 Å². The topological polar surface area (TPSA) is 37.8 Å². The predicted octanol–water partition coefficient (Wildman–Crippen LogP) is 4.76. The van der Waals surface area contributed by atoms with Crippen molar-refractivity contribution in [2.75, 3.05) is 5.32 Å². The van der Waals surface area contributed by atoms with Crippen molar-refractivity contribution in [1.82, 2.24) is 9.97 Å². The van der Waals surface area contributed by atoms with Gasteiger partial charge in [-0.15, -0.1) is 11.3 Å². The number of alkyl halides is 3. The van der Waals surface area contributed by atoms with Crippen molar-refractivity contribution in [1.29, 1.82) is 0 Å². The molecule has 3 nitrogen and oxygen atoms in total. The Balaban J connectivity index is 1.88. The van der Waals surface area contributed by atoms with E-state index < -0.39 is 11.7 Å². The van der Waals surface area contributed by atoms with Gasteiger partial charge < -0.3 is 5.32 Å². The Morgan fingerprint density at radius 3 is 2.35 bits per heavy atom. The lowest BCUT2D eigenvalue weighted by Gasteiger charge is -2.18. The van der Waals surface area contributed by atoms with Crippen molar-refractivity contribution >= 4 is 17.2 Å². The minimum absolute atomic E-state index is 0.263. The van der Waals surface area contributed by atoms with Gasteiger partial charge in [0.2, 0.25) is 0 Å². The Labute approximate surface area is 134 Å². The molecule has 0 aliphatic rings. The molecule has 0 saturated heterocycles. The SMILES string of the molecule is FC(F)(F)c1ccc(NC(c2ccccc2)c2nccs2)nc1. The Morgan fingerprint density at radius 1 is 1.00 bits per heavy atom. The molecule has 1 aromatic carbocycles. The summed E-state index contributed by atoms with van der Waals surface area (Å²) >= 11 is 1.47. The molecule has 0 aliphatic heterocycles. The molecular weight excluding hydrogens is 323 g/mol. The second-order valence-corrected chi connectivity index (χ2v) is 5.71. The fraction of sp³-hybridized carbons (Fsp3) is 0.125. The van der Waals surface area contributed by atoms with Crippen molar-refractivity contribution < 1.29 is 13.2 Å². The van der Waals surface area contributed by atoms with Crippen LogP contribution >= 0.6 is 11.3 Å². The molecule has 0 bridgehead atoms. The van der Waals surface area contributed by atoms with E-state index in [0.29, 0.717) is 5.82 Å². The summed E-state index contributed by atoms with van der Waals surface area (Å²) in [5, 5.41) is 5.82. The largest absolute Gasteiger partial charge is 0.417 e. The summed E-state index contributed by atoms with van der Waals surface area (Å²) in [5.41, 5.74) is 0.192. The number of hydrogen-bond acceptors (Lipinski definition) is 4. The summed E-state index contributed by atoms with van der Waals surface area (Å²) in [5.74, 6) is 0.363. The van der Waals surface area contributed by atoms with Gasteiger partial charge >= 0.3 is 6.18 Å². The third-order valence-corrected chi connectivity index (χ3v) is 4.05. The number of anilines is 1. The molecule has 3 aromatic rings. The van der Waals surface area contributed by atoms with Crippen LogP contribution in [-0.2, 0) is 6.18 Å². The van der Waals surface area contributed by atoms with Crippen LogP contribution < -0.4 is 5.32 Å². The van der Waals surface area contributed by atoms with E-state index in [-0.39, 0.29) is 6.04 Å². The van der Waals surface area contributed by atoms with Crippen molar-refractivity contribution in [2.45, 2.75) is 12.2 Å². The normalized spacial score (nSPS) is 12.8. The molecule has 1 N–H and O–H groups in total. The van der Waals surface area contributed by atoms with Gasteiger partial charge in [-0.2, -0.15) is 13.2 Å². The number of rotatable bonds is 4. The number of aromatic nitrogens is 2. The summed E-state index contributed by atoms with van der Waals surface area (Å²) in [6.07, 6.45) is -1.87. The highest BCUT2D eigenvalue weighted by Gasteiger charge is 2.30. The maximum atomic E-state index is 12.6. The first kappa shape index (κ1) is 15.5. The van der Waals surface area contributed by atoms with Crippen molar-refractivity contribution in [3.63, 3.8) is 0 Å². The van der Waals surface area contributed by atoms with E-state index in [4.69, 9.17) is 0 Å². The van der Waals surface area contributed by atoms with Crippen LogP contribution in [0, 0.1) is 0 Å². The number of benzene rings is 1. The molecule has 0 fully saturated rings. The second kappa shape index (κ2) is 6.37. The molecule has 0 saturated carbocycles. The number of nitrogens with one attached hydrogen (secondary N) is 1. The lowest BCUT2D eigenvalue weighted by Crippen LogP contribution is -2.13. The minimum Gasteiger partial charge on any atom is -0.357 e. The molecule has 0 spiro atoms. The van der Waals surface area contributed by atoms with Crippen LogP contribution in [0.15, 0.2) is 60.2 Å². The smallest absolute Gasteiger partial charge is 0.357 e. The van der Waals surface area contributed by atoms with Crippen molar-refractivity contribution in [3.8, 4) is 0 Å². The van der Waals surface area contributed by atoms with E-state index in [1.165, 1.54) is 17.4 Å². The van der Waals surface area contributed by atoms with Gasteiger partial charge in [-0.05, 0) is 17.7 Å². The molecular formula is C16H12F3N3S. The lowest BCUT2D eigenvalue weighted by atomic mass is 10.1. The standard InChI is InChI=1S/C16H12F3N3S/c17-16(18,19)12-6-7-13(21-10-12)22-14(15-20-8-9-23-15)11-4-2-1-3-5-11/h1-10,14H,(H,21,22). The molecule has 2 heterocycles. The Morgan fingerprint density at radius 2 is 1.78 bits per heavy atom. The first-order valence-electron chi connectivity index (χ1n) is 6.78. The van der Waals surface area contributed by atoms with E-state index >= 15 is 0 Å². The summed E-state index contributed by atoms with van der Waals surface area (Å²) in [6.45, 7) is 0. The fourth-order valence-corrected chi connectivity index (χ4v) is 2.82. The number of halogens is 3. The molecule has 23 heavy (non-hydrogen) atoms. The van der Waals surface area contributed by atoms with E-state index in [0.717, 1.165) is 22.8 Å². The van der Waals surface area contributed by atoms with Gasteiger partial charge in [0.25, 0.3) is 0 Å². The summed E-state index contributed by atoms with van der Waals surface area (Å²) in [7, 11) is 0. The highest BCUT2D eigenvalue weighted by Crippen LogP contribution is 2.31. The zero-order valence-electron chi connectivity index (χ0n) is 11.8. The first-order valence-corrected chi connectivity index (χ1v) is 7.66. The maximum absolute atomic E-state index is 12.6. The highest BCUT2D eigenvalue weighted by atomic mass is 32.1. The van der Waals surface area contributed by atoms with E-state index in [1.807, 2.05) is 35.7 Å². The fourth-order valence-electron chi connectivity index (χ4n) is 2.10. The second-order valence-electron chi connectivity index (χ2n) is 4.79. The van der Waals surface area contributed by atoms with E-state index in [9.17, 15) is 13.2 Å². The van der Waals surface area contributed by atoms with Crippen LogP contribution in [-0.4, -0.2) is 9.97 Å². The van der Waals surface area contributed by atoms with Crippen LogP contribution in [0.25, 0.3) is 0 Å². The average molecular weight is 335 g/mol. The molecule has 0 amide bonds. The Bertz CT molecular complexity index is 741. The summed E-state index contributed by atoms with van der Waals surface area (Å²) < 4.78 is 37.8. The van der Waals surface area contributed by atoms with Gasteiger partial charge in [0.05, 0.1) is 5.56 Å². The third-order valence-electron chi connectivity index (χ3n) is 3.21. The van der Waals surface area contributed by atoms with Gasteiger partial charge in [-0.25, -0.2) is 9.97 Å². The van der Waals surface area contributed by atoms with E-state index in [1.54, 1.807) is 6.20 Å². The molecule has 0 aliphatic carbocycles. The molecule has 7 heteroatoms. The summed E-state index contributed by atoms with van der Waals surface area (Å²) in [6, 6.07) is 11.6. The number of nitrogens with zero attached hydrogens (tertiary/aromatic N) is 2. The van der Waals surface area contributed by atoms with Crippen molar-refractivity contribution in [2.24, 2.45) is 0 Å². The van der Waals surface area contributed by atoms with Gasteiger partial charge in [0.1, 0.15) is 16.9 Å². The molecule has 0 radical (unpaired) electrons. The molecule has 1 unspecified atom stereocenters. The molecule has 1 atom stereocenters. The van der Waals surface area contributed by atoms with Gasteiger partial charge in [0.15, 0.2) is 0 Å². The van der Waals surface area contributed by atoms with Gasteiger partial charge in [-0.3, -0.25) is 0 Å². The van der Waals surface area contributed by atoms with Crippen LogP contribution in [0.2, 0.25) is 0 Å². The maximum Gasteiger partial charge on any atom is 0.417 e. The minimum atomic E-state index is -4.39. The van der Waals surface area contributed by atoms with Gasteiger partial charge in [-0.1, -0.05) is 30.3 Å². The van der Waals surface area contributed by atoms with Crippen LogP contribution in [0.3, 0.4) is 0 Å². The van der Waals surface area contributed by atoms with E-state index in [2.05, 4.69) is 15.3 Å². The number of pyridine rings is 1. The highest BCUT2D eigenvalue weighted by molar-refractivity contribution is 7.09. The molecule has 118 valence electrons. The zero-order valence-corrected chi connectivity index (χ0v) is 12.6. The number of hydrogen-bond donors (Lipinski definition) is 1. The molecule has 3 rings (SSSR count). The Hall–Kier alpha value is -2.41. The molecule has 2 aromatic heterocycles. The number of thiazole rings is 1. The van der Waals surface area contributed by atoms with Gasteiger partial charge in [0, 0.05) is 17.8 Å². The average Bonchev–Trinajstić information content (AvgIpc) is 3.07. The lowest BCUT2D eigenvalue weighted by molar-refractivity contribution is -0.137. The van der Waals surface area contributed by atoms with Crippen LogP contribution in [0.1, 0.15) is 22.2 Å².